The first-order valence-corrected chi connectivity index (χ1v) is 20.4. The predicted molar refractivity (Wildman–Crippen MR) is 235 cm³/mol. The molecule has 10 aromatic rings. The van der Waals surface area contributed by atoms with E-state index in [1.54, 1.807) is 22.7 Å². The highest BCUT2D eigenvalue weighted by Gasteiger charge is 2.22. The van der Waals surface area contributed by atoms with Gasteiger partial charge in [0.2, 0.25) is 0 Å². The molecule has 0 atom stereocenters. The lowest BCUT2D eigenvalue weighted by Crippen LogP contribution is -2.00. The third kappa shape index (κ3) is 5.63. The molecule has 11 rings (SSSR count). The third-order valence-corrected chi connectivity index (χ3v) is 12.8. The molecule has 264 valence electrons. The van der Waals surface area contributed by atoms with Crippen LogP contribution in [0.3, 0.4) is 0 Å². The number of rotatable bonds is 6. The molecule has 1 aliphatic carbocycles. The molecule has 1 aliphatic rings. The number of allylic oxidation sites excluding steroid dienone is 4. The van der Waals surface area contributed by atoms with Gasteiger partial charge in [0.25, 0.3) is 0 Å². The average Bonchev–Trinajstić information content (AvgIpc) is 3.86. The molecule has 56 heavy (non-hydrogen) atoms. The zero-order valence-electron chi connectivity index (χ0n) is 30.1. The minimum Gasteiger partial charge on any atom is -0.226 e. The Bertz CT molecular complexity index is 3200. The number of fused-ring (bicyclic) bond motifs is 6. The van der Waals surface area contributed by atoms with Crippen LogP contribution in [0.5, 0.6) is 0 Å². The normalized spacial score (nSPS) is 12.9. The highest BCUT2D eigenvalue weighted by Crippen LogP contribution is 2.45. The van der Waals surface area contributed by atoms with Gasteiger partial charge in [-0.2, -0.15) is 0 Å². The summed E-state index contributed by atoms with van der Waals surface area (Å²) in [6, 6.07) is 50.5. The van der Waals surface area contributed by atoms with Gasteiger partial charge in [0.05, 0.1) is 15.9 Å². The molecule has 0 N–H and O–H groups in total. The Morgan fingerprint density at radius 2 is 1.05 bits per heavy atom. The van der Waals surface area contributed by atoms with Gasteiger partial charge in [0, 0.05) is 52.5 Å². The maximum Gasteiger partial charge on any atom is 0.164 e. The van der Waals surface area contributed by atoms with Crippen molar-refractivity contribution in [2.75, 3.05) is 0 Å². The lowest BCUT2D eigenvalue weighted by Gasteiger charge is -2.11. The Morgan fingerprint density at radius 3 is 1.89 bits per heavy atom. The van der Waals surface area contributed by atoms with E-state index in [2.05, 4.69) is 140 Å². The van der Waals surface area contributed by atoms with Gasteiger partial charge in [-0.25, -0.2) is 24.9 Å². The molecule has 0 unspecified atom stereocenters. The summed E-state index contributed by atoms with van der Waals surface area (Å²) in [4.78, 5) is 26.1. The first kappa shape index (κ1) is 32.7. The lowest BCUT2D eigenvalue weighted by molar-refractivity contribution is 1.04. The number of aromatic nitrogens is 5. The number of thiophene rings is 2. The lowest BCUT2D eigenvalue weighted by atomic mass is 10.0. The molecule has 0 saturated heterocycles. The van der Waals surface area contributed by atoms with E-state index >= 15 is 0 Å². The van der Waals surface area contributed by atoms with Crippen molar-refractivity contribution in [1.82, 2.24) is 24.9 Å². The van der Waals surface area contributed by atoms with E-state index in [9.17, 15) is 0 Å². The van der Waals surface area contributed by atoms with E-state index in [1.165, 1.54) is 4.70 Å². The maximum atomic E-state index is 5.36. The maximum absolute atomic E-state index is 5.36. The average molecular weight is 754 g/mol. The van der Waals surface area contributed by atoms with Gasteiger partial charge in [0.1, 0.15) is 0 Å². The quantitative estimate of drug-likeness (QED) is 0.169. The topological polar surface area (TPSA) is 64.5 Å². The van der Waals surface area contributed by atoms with Crippen molar-refractivity contribution in [3.63, 3.8) is 0 Å². The van der Waals surface area contributed by atoms with Crippen LogP contribution in [0.25, 0.3) is 103 Å². The molecule has 4 aromatic heterocycles. The molecule has 0 fully saturated rings. The van der Waals surface area contributed by atoms with Crippen LogP contribution < -0.4 is 0 Å². The van der Waals surface area contributed by atoms with Gasteiger partial charge in [-0.1, -0.05) is 140 Å². The zero-order chi connectivity index (χ0) is 37.0. The molecule has 0 spiro atoms. The van der Waals surface area contributed by atoms with Crippen LogP contribution >= 0.6 is 22.7 Å². The first-order valence-electron chi connectivity index (χ1n) is 18.7. The minimum absolute atomic E-state index is 0.632. The number of hydrogen-bond donors (Lipinski definition) is 0. The van der Waals surface area contributed by atoms with Gasteiger partial charge >= 0.3 is 0 Å². The van der Waals surface area contributed by atoms with Gasteiger partial charge in [-0.3, -0.25) is 0 Å². The smallest absolute Gasteiger partial charge is 0.164 e. The summed E-state index contributed by atoms with van der Waals surface area (Å²) in [5.41, 5.74) is 9.28. The van der Waals surface area contributed by atoms with Gasteiger partial charge < -0.3 is 0 Å². The summed E-state index contributed by atoms with van der Waals surface area (Å²) in [5.74, 6) is 2.64. The second-order valence-corrected chi connectivity index (χ2v) is 16.0. The van der Waals surface area contributed by atoms with Crippen molar-refractivity contribution in [3.05, 3.63) is 170 Å². The fourth-order valence-electron chi connectivity index (χ4n) is 7.72. The first-order chi connectivity index (χ1) is 27.7. The number of hydrogen-bond acceptors (Lipinski definition) is 7. The van der Waals surface area contributed by atoms with Gasteiger partial charge in [-0.15, -0.1) is 22.7 Å². The Hall–Kier alpha value is -6.67. The SMILES string of the molecule is C1=CC(c2nc(-c3cccc4c3sc3cccc(-c5nc(-c6ccccc6)nc(-c6cccc(-c7ccccc7)c6)n5)c34)nc3c2sc2ccccc23)=CCC1. The van der Waals surface area contributed by atoms with E-state index in [0.717, 1.165) is 99.1 Å². The summed E-state index contributed by atoms with van der Waals surface area (Å²) in [6.45, 7) is 0. The van der Waals surface area contributed by atoms with Crippen molar-refractivity contribution >= 4 is 68.7 Å². The standard InChI is InChI=1S/C49H31N5S2/c1-4-15-30(16-5-1)33-21-12-22-34(29-33)47-52-46(32-19-8-3-9-20-32)53-48(54-47)37-25-14-28-40-41(37)36-24-13-26-38(44(36)56-40)49-50-42(31-17-6-2-7-18-31)45-43(51-49)35-23-10-11-27-39(35)55-45/h1,3-6,8-29H,2,7H2. The zero-order valence-corrected chi connectivity index (χ0v) is 31.7. The highest BCUT2D eigenvalue weighted by atomic mass is 32.1. The van der Waals surface area contributed by atoms with E-state index in [0.29, 0.717) is 17.5 Å². The number of benzene rings is 6. The summed E-state index contributed by atoms with van der Waals surface area (Å²) in [6.07, 6.45) is 8.84. The van der Waals surface area contributed by atoms with Crippen molar-refractivity contribution in [3.8, 4) is 56.7 Å². The Kier molecular flexibility index (Phi) is 7.93. The predicted octanol–water partition coefficient (Wildman–Crippen LogP) is 13.5. The molecule has 0 amide bonds. The summed E-state index contributed by atoms with van der Waals surface area (Å²) in [5, 5.41) is 3.41. The molecule has 4 heterocycles. The number of nitrogens with zero attached hydrogens (tertiary/aromatic N) is 5. The minimum atomic E-state index is 0.632. The molecule has 0 aliphatic heterocycles. The molecular formula is C49H31N5S2. The monoisotopic (exact) mass is 753 g/mol. The van der Waals surface area contributed by atoms with Crippen molar-refractivity contribution < 1.29 is 0 Å². The van der Waals surface area contributed by atoms with Crippen LogP contribution in [0.15, 0.2) is 164 Å². The Labute approximate surface area is 331 Å². The highest BCUT2D eigenvalue weighted by molar-refractivity contribution is 7.26. The van der Waals surface area contributed by atoms with E-state index < -0.39 is 0 Å². The third-order valence-electron chi connectivity index (χ3n) is 10.4. The van der Waals surface area contributed by atoms with Crippen LogP contribution in [-0.4, -0.2) is 24.9 Å². The molecule has 0 saturated carbocycles. The molecule has 0 radical (unpaired) electrons. The van der Waals surface area contributed by atoms with E-state index in [4.69, 9.17) is 24.9 Å². The molecule has 5 nitrogen and oxygen atoms in total. The second kappa shape index (κ2) is 13.6. The van der Waals surface area contributed by atoms with Crippen LogP contribution in [0.2, 0.25) is 0 Å². The molecule has 6 aromatic carbocycles. The van der Waals surface area contributed by atoms with Crippen molar-refractivity contribution in [2.45, 2.75) is 12.8 Å². The second-order valence-electron chi connectivity index (χ2n) is 13.9. The molecule has 7 heteroatoms. The van der Waals surface area contributed by atoms with Gasteiger partial charge in [0.15, 0.2) is 23.3 Å². The van der Waals surface area contributed by atoms with E-state index in [1.807, 2.05) is 24.3 Å². The molecule has 0 bridgehead atoms. The molecular weight excluding hydrogens is 723 g/mol. The Balaban J connectivity index is 1.12. The van der Waals surface area contributed by atoms with Crippen molar-refractivity contribution in [2.24, 2.45) is 0 Å². The summed E-state index contributed by atoms with van der Waals surface area (Å²) < 4.78 is 4.65. The van der Waals surface area contributed by atoms with E-state index in [-0.39, 0.29) is 0 Å². The fourth-order valence-corrected chi connectivity index (χ4v) is 10.1. The fraction of sp³-hybridized carbons (Fsp3) is 0.0408. The van der Waals surface area contributed by atoms with Crippen LogP contribution in [0.1, 0.15) is 18.5 Å². The van der Waals surface area contributed by atoms with Crippen LogP contribution in [0.4, 0.5) is 0 Å². The van der Waals surface area contributed by atoms with Gasteiger partial charge in [-0.05, 0) is 53.8 Å². The summed E-state index contributed by atoms with van der Waals surface area (Å²) in [7, 11) is 0. The van der Waals surface area contributed by atoms with Crippen molar-refractivity contribution in [1.29, 1.82) is 0 Å². The summed E-state index contributed by atoms with van der Waals surface area (Å²) >= 11 is 3.54. The van der Waals surface area contributed by atoms with Crippen LogP contribution in [-0.2, 0) is 0 Å². The largest absolute Gasteiger partial charge is 0.226 e. The van der Waals surface area contributed by atoms with Crippen LogP contribution in [0, 0.1) is 0 Å². The Morgan fingerprint density at radius 1 is 0.429 bits per heavy atom.